The van der Waals surface area contributed by atoms with Crippen LogP contribution in [0.3, 0.4) is 0 Å². The number of rotatable bonds is 4. The van der Waals surface area contributed by atoms with Crippen LogP contribution in [-0.4, -0.2) is 21.0 Å². The van der Waals surface area contributed by atoms with Crippen molar-refractivity contribution >= 4 is 39.1 Å². The Kier molecular flexibility index (Phi) is 4.18. The number of aryl methyl sites for hydroxylation is 1. The molecule has 1 aromatic carbocycles. The lowest BCUT2D eigenvalue weighted by Gasteiger charge is -2.09. The Labute approximate surface area is 127 Å². The summed E-state index contributed by atoms with van der Waals surface area (Å²) in [5.41, 5.74) is 0.936. The molecule has 0 fully saturated rings. The predicted molar refractivity (Wildman–Crippen MR) is 80.0 cm³/mol. The SMILES string of the molecule is Cc1ccc(Br)c(Nc2nc(C(=O)O)ccc2[N+](=O)[O-])c1. The molecule has 0 radical (unpaired) electrons. The van der Waals surface area contributed by atoms with Gasteiger partial charge in [0.2, 0.25) is 5.82 Å². The highest BCUT2D eigenvalue weighted by Crippen LogP contribution is 2.30. The molecular formula is C13H10BrN3O4. The van der Waals surface area contributed by atoms with E-state index >= 15 is 0 Å². The van der Waals surface area contributed by atoms with Gasteiger partial charge < -0.3 is 10.4 Å². The highest BCUT2D eigenvalue weighted by Gasteiger charge is 2.19. The van der Waals surface area contributed by atoms with Crippen molar-refractivity contribution in [1.82, 2.24) is 4.98 Å². The van der Waals surface area contributed by atoms with Gasteiger partial charge in [0, 0.05) is 10.5 Å². The number of anilines is 2. The topological polar surface area (TPSA) is 105 Å². The lowest BCUT2D eigenvalue weighted by Crippen LogP contribution is -2.06. The molecule has 0 bridgehead atoms. The monoisotopic (exact) mass is 351 g/mol. The van der Waals surface area contributed by atoms with Gasteiger partial charge in [-0.3, -0.25) is 10.1 Å². The van der Waals surface area contributed by atoms with Gasteiger partial charge in [0.25, 0.3) is 0 Å². The van der Waals surface area contributed by atoms with Crippen LogP contribution in [0.4, 0.5) is 17.2 Å². The number of hydrogen-bond acceptors (Lipinski definition) is 5. The molecular weight excluding hydrogens is 342 g/mol. The minimum Gasteiger partial charge on any atom is -0.477 e. The van der Waals surface area contributed by atoms with E-state index in [4.69, 9.17) is 5.11 Å². The van der Waals surface area contributed by atoms with Crippen molar-refractivity contribution in [2.45, 2.75) is 6.92 Å². The molecule has 2 aromatic rings. The number of nitrogens with one attached hydrogen (secondary N) is 1. The van der Waals surface area contributed by atoms with E-state index in [1.165, 1.54) is 0 Å². The van der Waals surface area contributed by atoms with Gasteiger partial charge in [-0.1, -0.05) is 6.07 Å². The zero-order valence-corrected chi connectivity index (χ0v) is 12.4. The predicted octanol–water partition coefficient (Wildman–Crippen LogP) is 3.50. The van der Waals surface area contributed by atoms with Crippen molar-refractivity contribution in [3.63, 3.8) is 0 Å². The Morgan fingerprint density at radius 1 is 1.38 bits per heavy atom. The summed E-state index contributed by atoms with van der Waals surface area (Å²) in [5.74, 6) is -1.37. The van der Waals surface area contributed by atoms with Crippen molar-refractivity contribution in [2.24, 2.45) is 0 Å². The second-order valence-corrected chi connectivity index (χ2v) is 5.09. The van der Waals surface area contributed by atoms with Gasteiger partial charge in [0.1, 0.15) is 0 Å². The summed E-state index contributed by atoms with van der Waals surface area (Å²) in [6.07, 6.45) is 0. The molecule has 108 valence electrons. The molecule has 0 aliphatic carbocycles. The zero-order valence-electron chi connectivity index (χ0n) is 10.8. The second-order valence-electron chi connectivity index (χ2n) is 4.23. The zero-order chi connectivity index (χ0) is 15.6. The maximum Gasteiger partial charge on any atom is 0.354 e. The van der Waals surface area contributed by atoms with E-state index in [1.54, 1.807) is 12.1 Å². The summed E-state index contributed by atoms with van der Waals surface area (Å²) in [5, 5.41) is 22.7. The fraction of sp³-hybridized carbons (Fsp3) is 0.0769. The number of benzene rings is 1. The van der Waals surface area contributed by atoms with Crippen molar-refractivity contribution in [3.05, 3.63) is 56.2 Å². The third-order valence-electron chi connectivity index (χ3n) is 2.66. The molecule has 0 atom stereocenters. The van der Waals surface area contributed by atoms with Crippen molar-refractivity contribution < 1.29 is 14.8 Å². The first kappa shape index (κ1) is 14.9. The molecule has 1 heterocycles. The minimum absolute atomic E-state index is 0.119. The van der Waals surface area contributed by atoms with Crippen molar-refractivity contribution in [1.29, 1.82) is 0 Å². The first-order chi connectivity index (χ1) is 9.88. The molecule has 0 aliphatic rings. The largest absolute Gasteiger partial charge is 0.477 e. The molecule has 21 heavy (non-hydrogen) atoms. The number of carboxylic acid groups (broad SMARTS) is 1. The highest BCUT2D eigenvalue weighted by atomic mass is 79.9. The Balaban J connectivity index is 2.50. The van der Waals surface area contributed by atoms with E-state index in [0.29, 0.717) is 10.2 Å². The summed E-state index contributed by atoms with van der Waals surface area (Å²) in [6, 6.07) is 7.62. The fourth-order valence-corrected chi connectivity index (χ4v) is 2.02. The summed E-state index contributed by atoms with van der Waals surface area (Å²) >= 11 is 3.32. The van der Waals surface area contributed by atoms with E-state index in [1.807, 2.05) is 13.0 Å². The average Bonchev–Trinajstić information content (AvgIpc) is 2.42. The standard InChI is InChI=1S/C13H10BrN3O4/c1-7-2-3-8(14)10(6-7)16-12-11(17(20)21)5-4-9(15-12)13(18)19/h2-6H,1H3,(H,15,16)(H,18,19). The van der Waals surface area contributed by atoms with Crippen LogP contribution >= 0.6 is 15.9 Å². The van der Waals surface area contributed by atoms with Gasteiger partial charge in [-0.2, -0.15) is 0 Å². The van der Waals surface area contributed by atoms with Gasteiger partial charge >= 0.3 is 11.7 Å². The molecule has 0 aliphatic heterocycles. The first-order valence-corrected chi connectivity index (χ1v) is 6.59. The van der Waals surface area contributed by atoms with E-state index in [9.17, 15) is 14.9 Å². The number of halogens is 1. The van der Waals surface area contributed by atoms with Crippen LogP contribution < -0.4 is 5.32 Å². The number of carbonyl (C=O) groups is 1. The van der Waals surface area contributed by atoms with Crippen LogP contribution in [-0.2, 0) is 0 Å². The summed E-state index contributed by atoms with van der Waals surface area (Å²) in [6.45, 7) is 1.87. The average molecular weight is 352 g/mol. The number of nitro groups is 1. The molecule has 0 saturated carbocycles. The van der Waals surface area contributed by atoms with Gasteiger partial charge in [0.15, 0.2) is 5.69 Å². The summed E-state index contributed by atoms with van der Waals surface area (Å²) < 4.78 is 0.685. The lowest BCUT2D eigenvalue weighted by atomic mass is 10.2. The summed E-state index contributed by atoms with van der Waals surface area (Å²) in [4.78, 5) is 25.1. The number of aromatic nitrogens is 1. The molecule has 1 aromatic heterocycles. The Morgan fingerprint density at radius 3 is 2.71 bits per heavy atom. The number of aromatic carboxylic acids is 1. The quantitative estimate of drug-likeness (QED) is 0.644. The molecule has 0 saturated heterocycles. The summed E-state index contributed by atoms with van der Waals surface area (Å²) in [7, 11) is 0. The van der Waals surface area contributed by atoms with Gasteiger partial charge in [-0.15, -0.1) is 0 Å². The number of pyridine rings is 1. The fourth-order valence-electron chi connectivity index (χ4n) is 1.67. The van der Waals surface area contributed by atoms with E-state index in [-0.39, 0.29) is 17.2 Å². The van der Waals surface area contributed by atoms with Crippen LogP contribution in [0.25, 0.3) is 0 Å². The first-order valence-electron chi connectivity index (χ1n) is 5.80. The van der Waals surface area contributed by atoms with Crippen LogP contribution in [0.1, 0.15) is 16.1 Å². The van der Waals surface area contributed by atoms with Crippen LogP contribution in [0.15, 0.2) is 34.8 Å². The minimum atomic E-state index is -1.25. The van der Waals surface area contributed by atoms with E-state index < -0.39 is 10.9 Å². The number of carboxylic acids is 1. The number of hydrogen-bond donors (Lipinski definition) is 2. The maximum atomic E-state index is 11.0. The Morgan fingerprint density at radius 2 is 2.10 bits per heavy atom. The van der Waals surface area contributed by atoms with Gasteiger partial charge in [-0.05, 0) is 46.6 Å². The van der Waals surface area contributed by atoms with Crippen LogP contribution in [0.5, 0.6) is 0 Å². The van der Waals surface area contributed by atoms with E-state index in [0.717, 1.165) is 17.7 Å². The Hall–Kier alpha value is -2.48. The third-order valence-corrected chi connectivity index (χ3v) is 3.36. The van der Waals surface area contributed by atoms with E-state index in [2.05, 4.69) is 26.2 Å². The molecule has 0 spiro atoms. The van der Waals surface area contributed by atoms with Crippen LogP contribution in [0, 0.1) is 17.0 Å². The smallest absolute Gasteiger partial charge is 0.354 e. The molecule has 8 heteroatoms. The highest BCUT2D eigenvalue weighted by molar-refractivity contribution is 9.10. The molecule has 7 nitrogen and oxygen atoms in total. The molecule has 2 N–H and O–H groups in total. The normalized spacial score (nSPS) is 10.2. The third kappa shape index (κ3) is 3.34. The maximum absolute atomic E-state index is 11.0. The molecule has 0 amide bonds. The second kappa shape index (κ2) is 5.88. The van der Waals surface area contributed by atoms with Crippen LogP contribution in [0.2, 0.25) is 0 Å². The van der Waals surface area contributed by atoms with Crippen molar-refractivity contribution in [2.75, 3.05) is 5.32 Å². The molecule has 2 rings (SSSR count). The van der Waals surface area contributed by atoms with Gasteiger partial charge in [0.05, 0.1) is 10.6 Å². The number of nitrogens with zero attached hydrogens (tertiary/aromatic N) is 2. The lowest BCUT2D eigenvalue weighted by molar-refractivity contribution is -0.384. The molecule has 0 unspecified atom stereocenters. The van der Waals surface area contributed by atoms with Crippen molar-refractivity contribution in [3.8, 4) is 0 Å². The Bertz CT molecular complexity index is 733. The van der Waals surface area contributed by atoms with Gasteiger partial charge in [-0.25, -0.2) is 9.78 Å².